The van der Waals surface area contributed by atoms with E-state index < -0.39 is 17.8 Å². The van der Waals surface area contributed by atoms with Crippen LogP contribution in [0.3, 0.4) is 0 Å². The van der Waals surface area contributed by atoms with Gasteiger partial charge in [0.25, 0.3) is 0 Å². The van der Waals surface area contributed by atoms with Gasteiger partial charge in [-0.3, -0.25) is 9.97 Å². The minimum Gasteiger partial charge on any atom is -0.390 e. The number of hydrogen-bond acceptors (Lipinski definition) is 6. The van der Waals surface area contributed by atoms with Crippen molar-refractivity contribution in [2.24, 2.45) is 0 Å². The third-order valence-corrected chi connectivity index (χ3v) is 4.51. The Hall–Kier alpha value is -2.78. The number of fused-ring (bicyclic) bond motifs is 1. The highest BCUT2D eigenvalue weighted by Gasteiger charge is 2.31. The van der Waals surface area contributed by atoms with Gasteiger partial charge in [-0.05, 0) is 24.3 Å². The second-order valence-corrected chi connectivity index (χ2v) is 6.33. The highest BCUT2D eigenvalue weighted by atomic mass is 19.4. The molecule has 1 aliphatic rings. The molecule has 2 atom stereocenters. The van der Waals surface area contributed by atoms with Crippen molar-refractivity contribution in [3.05, 3.63) is 48.4 Å². The van der Waals surface area contributed by atoms with E-state index in [0.29, 0.717) is 41.1 Å². The van der Waals surface area contributed by atoms with Crippen molar-refractivity contribution in [1.29, 1.82) is 0 Å². The van der Waals surface area contributed by atoms with Crippen molar-refractivity contribution in [2.45, 2.75) is 18.3 Å². The molecular formula is C18H16F3N5O. The number of halogens is 3. The van der Waals surface area contributed by atoms with Gasteiger partial charge >= 0.3 is 6.18 Å². The minimum atomic E-state index is -4.44. The second kappa shape index (κ2) is 6.75. The number of aliphatic hydroxyl groups is 1. The Labute approximate surface area is 152 Å². The van der Waals surface area contributed by atoms with E-state index in [1.54, 1.807) is 12.3 Å². The van der Waals surface area contributed by atoms with Gasteiger partial charge in [-0.1, -0.05) is 0 Å². The summed E-state index contributed by atoms with van der Waals surface area (Å²) >= 11 is 0. The van der Waals surface area contributed by atoms with E-state index in [-0.39, 0.29) is 6.04 Å². The van der Waals surface area contributed by atoms with Gasteiger partial charge < -0.3 is 15.7 Å². The molecule has 27 heavy (non-hydrogen) atoms. The zero-order chi connectivity index (χ0) is 19.0. The lowest BCUT2D eigenvalue weighted by atomic mass is 10.1. The lowest BCUT2D eigenvalue weighted by Gasteiger charge is -2.18. The molecule has 1 fully saturated rings. The molecule has 0 saturated carbocycles. The van der Waals surface area contributed by atoms with Crippen molar-refractivity contribution >= 4 is 16.7 Å². The summed E-state index contributed by atoms with van der Waals surface area (Å²) in [5.41, 5.74) is 0.656. The fourth-order valence-corrected chi connectivity index (χ4v) is 3.08. The van der Waals surface area contributed by atoms with E-state index in [9.17, 15) is 18.3 Å². The van der Waals surface area contributed by atoms with Crippen LogP contribution in [0.1, 0.15) is 5.56 Å². The molecule has 4 heterocycles. The SMILES string of the molecule is O[C@H]1CNC[C@H]1Nc1ncc(-c2ccc(C(F)(F)F)cn2)c2ncccc12. The summed E-state index contributed by atoms with van der Waals surface area (Å²) in [6.45, 7) is 1.11. The van der Waals surface area contributed by atoms with Gasteiger partial charge in [0.1, 0.15) is 5.82 Å². The van der Waals surface area contributed by atoms with Gasteiger partial charge in [-0.25, -0.2) is 4.98 Å². The van der Waals surface area contributed by atoms with Crippen molar-refractivity contribution in [1.82, 2.24) is 20.3 Å². The maximum atomic E-state index is 12.8. The maximum absolute atomic E-state index is 12.8. The van der Waals surface area contributed by atoms with E-state index >= 15 is 0 Å². The molecule has 3 N–H and O–H groups in total. The molecule has 4 rings (SSSR count). The average molecular weight is 375 g/mol. The van der Waals surface area contributed by atoms with Crippen LogP contribution in [0.25, 0.3) is 22.2 Å². The first kappa shape index (κ1) is 17.6. The zero-order valence-corrected chi connectivity index (χ0v) is 14.0. The topological polar surface area (TPSA) is 83.0 Å². The first-order chi connectivity index (χ1) is 12.9. The Morgan fingerprint density at radius 2 is 1.93 bits per heavy atom. The zero-order valence-electron chi connectivity index (χ0n) is 14.0. The summed E-state index contributed by atoms with van der Waals surface area (Å²) in [4.78, 5) is 12.7. The number of nitrogens with one attached hydrogen (secondary N) is 2. The molecule has 6 nitrogen and oxygen atoms in total. The smallest absolute Gasteiger partial charge is 0.390 e. The summed E-state index contributed by atoms with van der Waals surface area (Å²) in [7, 11) is 0. The Bertz CT molecular complexity index is 961. The van der Waals surface area contributed by atoms with E-state index in [0.717, 1.165) is 12.3 Å². The van der Waals surface area contributed by atoms with Gasteiger partial charge in [0.05, 0.1) is 28.9 Å². The summed E-state index contributed by atoms with van der Waals surface area (Å²) in [5, 5.41) is 17.0. The molecule has 9 heteroatoms. The molecule has 3 aromatic heterocycles. The second-order valence-electron chi connectivity index (χ2n) is 6.33. The lowest BCUT2D eigenvalue weighted by molar-refractivity contribution is -0.137. The van der Waals surface area contributed by atoms with Crippen molar-refractivity contribution in [3.8, 4) is 11.3 Å². The van der Waals surface area contributed by atoms with Crippen LogP contribution in [0.5, 0.6) is 0 Å². The summed E-state index contributed by atoms with van der Waals surface area (Å²) in [6.07, 6.45) is -1.03. The Kier molecular flexibility index (Phi) is 4.40. The van der Waals surface area contributed by atoms with Crippen molar-refractivity contribution in [3.63, 3.8) is 0 Å². The molecule has 1 saturated heterocycles. The quantitative estimate of drug-likeness (QED) is 0.652. The number of anilines is 1. The normalized spacial score (nSPS) is 20.1. The molecule has 0 aliphatic carbocycles. The summed E-state index contributed by atoms with van der Waals surface area (Å²) in [6, 6.07) is 5.69. The number of hydrogen-bond donors (Lipinski definition) is 3. The predicted molar refractivity (Wildman–Crippen MR) is 94.1 cm³/mol. The number of nitrogens with zero attached hydrogens (tertiary/aromatic N) is 3. The van der Waals surface area contributed by atoms with Crippen LogP contribution in [0.4, 0.5) is 19.0 Å². The largest absolute Gasteiger partial charge is 0.417 e. The number of rotatable bonds is 3. The molecular weight excluding hydrogens is 359 g/mol. The molecule has 3 aromatic rings. The first-order valence-electron chi connectivity index (χ1n) is 8.36. The standard InChI is InChI=1S/C18H16F3N5O/c19-18(20,21)10-3-4-13(24-6-10)12-7-25-17(11-2-1-5-23-16(11)12)26-14-8-22-9-15(14)27/h1-7,14-15,22,27H,8-9H2,(H,25,26)/t14-,15+/m1/s1. The minimum absolute atomic E-state index is 0.184. The van der Waals surface area contributed by atoms with Crippen molar-refractivity contribution < 1.29 is 18.3 Å². The lowest BCUT2D eigenvalue weighted by Crippen LogP contribution is -2.32. The Morgan fingerprint density at radius 3 is 2.59 bits per heavy atom. The van der Waals surface area contributed by atoms with Crippen LogP contribution in [-0.4, -0.2) is 45.3 Å². The van der Waals surface area contributed by atoms with Crippen LogP contribution < -0.4 is 10.6 Å². The number of alkyl halides is 3. The monoisotopic (exact) mass is 375 g/mol. The predicted octanol–water partition coefficient (Wildman–Crippen LogP) is 2.46. The highest BCUT2D eigenvalue weighted by Crippen LogP contribution is 2.32. The molecule has 1 aliphatic heterocycles. The molecule has 140 valence electrons. The van der Waals surface area contributed by atoms with Gasteiger partial charge in [0, 0.05) is 42.6 Å². The van der Waals surface area contributed by atoms with Gasteiger partial charge in [-0.2, -0.15) is 13.2 Å². The van der Waals surface area contributed by atoms with Gasteiger partial charge in [-0.15, -0.1) is 0 Å². The maximum Gasteiger partial charge on any atom is 0.417 e. The number of aromatic nitrogens is 3. The third-order valence-electron chi connectivity index (χ3n) is 4.51. The number of β-amino-alcohol motifs (C(OH)–C–C–N with tert-alkyl or cyclic N) is 1. The average Bonchev–Trinajstić information content (AvgIpc) is 3.06. The van der Waals surface area contributed by atoms with Crippen molar-refractivity contribution in [2.75, 3.05) is 18.4 Å². The van der Waals surface area contributed by atoms with Crippen LogP contribution >= 0.6 is 0 Å². The molecule has 0 unspecified atom stereocenters. The number of aliphatic hydroxyl groups excluding tert-OH is 1. The van der Waals surface area contributed by atoms with Gasteiger partial charge in [0.2, 0.25) is 0 Å². The van der Waals surface area contributed by atoms with E-state index in [1.165, 1.54) is 12.3 Å². The van der Waals surface area contributed by atoms with E-state index in [1.807, 2.05) is 6.07 Å². The van der Waals surface area contributed by atoms with Crippen LogP contribution in [0.2, 0.25) is 0 Å². The third kappa shape index (κ3) is 3.43. The fourth-order valence-electron chi connectivity index (χ4n) is 3.08. The molecule has 0 spiro atoms. The summed E-state index contributed by atoms with van der Waals surface area (Å²) in [5.74, 6) is 0.557. The molecule has 0 aromatic carbocycles. The van der Waals surface area contributed by atoms with Gasteiger partial charge in [0.15, 0.2) is 0 Å². The molecule has 0 radical (unpaired) electrons. The Balaban J connectivity index is 1.73. The highest BCUT2D eigenvalue weighted by molar-refractivity contribution is 5.98. The Morgan fingerprint density at radius 1 is 1.07 bits per heavy atom. The molecule has 0 bridgehead atoms. The van der Waals surface area contributed by atoms with Crippen LogP contribution in [0.15, 0.2) is 42.9 Å². The van der Waals surface area contributed by atoms with Crippen LogP contribution in [-0.2, 0) is 6.18 Å². The fraction of sp³-hybridized carbons (Fsp3) is 0.278. The summed E-state index contributed by atoms with van der Waals surface area (Å²) < 4.78 is 38.3. The van der Waals surface area contributed by atoms with E-state index in [2.05, 4.69) is 25.6 Å². The first-order valence-corrected chi connectivity index (χ1v) is 8.36. The van der Waals surface area contributed by atoms with Crippen LogP contribution in [0, 0.1) is 0 Å². The van der Waals surface area contributed by atoms with E-state index in [4.69, 9.17) is 0 Å². The number of pyridine rings is 3. The molecule has 0 amide bonds.